The molecule has 0 radical (unpaired) electrons. The van der Waals surface area contributed by atoms with Crippen molar-refractivity contribution in [3.05, 3.63) is 65.6 Å². The Balaban J connectivity index is 1.77. The quantitative estimate of drug-likeness (QED) is 0.545. The number of amides is 1. The van der Waals surface area contributed by atoms with Crippen LogP contribution in [0.2, 0.25) is 0 Å². The van der Waals surface area contributed by atoms with E-state index in [0.717, 1.165) is 53.9 Å². The SMILES string of the molecule is CCCc1ncc(-c2ccncc2C)c([C@H]2CCCN2C(=O)c2cccnc2OCC)n1. The minimum absolute atomic E-state index is 0.0721. The maximum Gasteiger partial charge on any atom is 0.259 e. The summed E-state index contributed by atoms with van der Waals surface area (Å²) in [6, 6.07) is 5.42. The fourth-order valence-corrected chi connectivity index (χ4v) is 4.27. The van der Waals surface area contributed by atoms with Crippen molar-refractivity contribution in [1.29, 1.82) is 0 Å². The van der Waals surface area contributed by atoms with Crippen LogP contribution in [-0.4, -0.2) is 43.9 Å². The van der Waals surface area contributed by atoms with Crippen LogP contribution in [0.4, 0.5) is 0 Å². The lowest BCUT2D eigenvalue weighted by molar-refractivity contribution is 0.0728. The summed E-state index contributed by atoms with van der Waals surface area (Å²) in [6.07, 6.45) is 10.7. The zero-order chi connectivity index (χ0) is 22.5. The van der Waals surface area contributed by atoms with Gasteiger partial charge >= 0.3 is 0 Å². The van der Waals surface area contributed by atoms with Crippen LogP contribution in [0.3, 0.4) is 0 Å². The van der Waals surface area contributed by atoms with Crippen LogP contribution in [-0.2, 0) is 6.42 Å². The maximum atomic E-state index is 13.6. The molecule has 1 atom stereocenters. The van der Waals surface area contributed by atoms with E-state index in [9.17, 15) is 4.79 Å². The number of likely N-dealkylation sites (tertiary alicyclic amines) is 1. The molecule has 1 saturated heterocycles. The summed E-state index contributed by atoms with van der Waals surface area (Å²) >= 11 is 0. The first-order chi connectivity index (χ1) is 15.6. The number of hydrogen-bond acceptors (Lipinski definition) is 6. The Hall–Kier alpha value is -3.35. The summed E-state index contributed by atoms with van der Waals surface area (Å²) in [4.78, 5) is 33.6. The van der Waals surface area contributed by atoms with E-state index >= 15 is 0 Å². The molecule has 1 amide bonds. The number of ether oxygens (including phenoxy) is 1. The van der Waals surface area contributed by atoms with Gasteiger partial charge in [0.05, 0.1) is 18.3 Å². The van der Waals surface area contributed by atoms with Gasteiger partial charge in [0.2, 0.25) is 5.88 Å². The molecule has 4 rings (SSSR count). The van der Waals surface area contributed by atoms with Crippen molar-refractivity contribution < 1.29 is 9.53 Å². The topological polar surface area (TPSA) is 81.1 Å². The van der Waals surface area contributed by atoms with Crippen LogP contribution in [0.1, 0.15) is 66.6 Å². The van der Waals surface area contributed by atoms with Crippen molar-refractivity contribution in [2.24, 2.45) is 0 Å². The molecule has 4 heterocycles. The molecule has 166 valence electrons. The Morgan fingerprint density at radius 3 is 2.81 bits per heavy atom. The van der Waals surface area contributed by atoms with Crippen molar-refractivity contribution in [2.45, 2.75) is 52.5 Å². The van der Waals surface area contributed by atoms with E-state index in [0.29, 0.717) is 24.6 Å². The van der Waals surface area contributed by atoms with Gasteiger partial charge in [-0.3, -0.25) is 9.78 Å². The summed E-state index contributed by atoms with van der Waals surface area (Å²) in [6.45, 7) is 7.17. The second-order valence-corrected chi connectivity index (χ2v) is 7.97. The largest absolute Gasteiger partial charge is 0.477 e. The molecule has 3 aromatic rings. The second kappa shape index (κ2) is 9.85. The van der Waals surface area contributed by atoms with Gasteiger partial charge in [-0.05, 0) is 62.4 Å². The molecule has 0 bridgehead atoms. The molecular formula is C25H29N5O2. The minimum Gasteiger partial charge on any atom is -0.477 e. The van der Waals surface area contributed by atoms with E-state index in [2.05, 4.69) is 21.9 Å². The van der Waals surface area contributed by atoms with Gasteiger partial charge in [0, 0.05) is 43.3 Å². The summed E-state index contributed by atoms with van der Waals surface area (Å²) in [5, 5.41) is 0. The van der Waals surface area contributed by atoms with Crippen molar-refractivity contribution in [1.82, 2.24) is 24.8 Å². The van der Waals surface area contributed by atoms with Gasteiger partial charge in [-0.25, -0.2) is 15.0 Å². The number of nitrogens with zero attached hydrogens (tertiary/aromatic N) is 5. The van der Waals surface area contributed by atoms with Gasteiger partial charge in [-0.1, -0.05) is 6.92 Å². The number of carbonyl (C=O) groups excluding carboxylic acids is 1. The van der Waals surface area contributed by atoms with E-state index in [-0.39, 0.29) is 11.9 Å². The van der Waals surface area contributed by atoms with E-state index in [1.807, 2.05) is 37.2 Å². The minimum atomic E-state index is -0.127. The van der Waals surface area contributed by atoms with Gasteiger partial charge in [-0.2, -0.15) is 0 Å². The molecular weight excluding hydrogens is 402 g/mol. The standard InChI is InChI=1S/C25H29N5O2/c1-4-8-22-28-16-20(18-11-13-26-15-17(18)3)23(29-22)21-10-7-14-30(21)25(31)19-9-6-12-27-24(19)32-5-2/h6,9,11-13,15-16,21H,4-5,7-8,10,14H2,1-3H3/t21-/m1/s1. The van der Waals surface area contributed by atoms with E-state index in [4.69, 9.17) is 9.72 Å². The molecule has 0 unspecified atom stereocenters. The van der Waals surface area contributed by atoms with Crippen molar-refractivity contribution >= 4 is 5.91 Å². The van der Waals surface area contributed by atoms with Crippen LogP contribution in [0.5, 0.6) is 5.88 Å². The number of hydrogen-bond donors (Lipinski definition) is 0. The molecule has 1 aliphatic rings. The zero-order valence-corrected chi connectivity index (χ0v) is 18.9. The second-order valence-electron chi connectivity index (χ2n) is 7.97. The zero-order valence-electron chi connectivity index (χ0n) is 18.9. The number of pyridine rings is 2. The molecule has 7 nitrogen and oxygen atoms in total. The Labute approximate surface area is 188 Å². The Bertz CT molecular complexity index is 1100. The monoisotopic (exact) mass is 431 g/mol. The van der Waals surface area contributed by atoms with E-state index in [1.54, 1.807) is 24.5 Å². The lowest BCUT2D eigenvalue weighted by atomic mass is 9.97. The fourth-order valence-electron chi connectivity index (χ4n) is 4.27. The molecule has 3 aromatic heterocycles. The van der Waals surface area contributed by atoms with Gasteiger partial charge in [0.15, 0.2) is 0 Å². The molecule has 32 heavy (non-hydrogen) atoms. The van der Waals surface area contributed by atoms with Crippen molar-refractivity contribution in [2.75, 3.05) is 13.2 Å². The Morgan fingerprint density at radius 2 is 2.03 bits per heavy atom. The predicted octanol–water partition coefficient (Wildman–Crippen LogP) is 4.57. The first kappa shape index (κ1) is 21.9. The van der Waals surface area contributed by atoms with E-state index in [1.165, 1.54) is 0 Å². The van der Waals surface area contributed by atoms with Crippen LogP contribution >= 0.6 is 0 Å². The number of aromatic nitrogens is 4. The number of carbonyl (C=O) groups is 1. The van der Waals surface area contributed by atoms with E-state index < -0.39 is 0 Å². The molecule has 0 aromatic carbocycles. The highest BCUT2D eigenvalue weighted by Crippen LogP contribution is 2.38. The lowest BCUT2D eigenvalue weighted by Gasteiger charge is -2.27. The van der Waals surface area contributed by atoms with Crippen LogP contribution in [0.25, 0.3) is 11.1 Å². The maximum absolute atomic E-state index is 13.6. The third-order valence-corrected chi connectivity index (χ3v) is 5.76. The summed E-state index contributed by atoms with van der Waals surface area (Å²) in [5.41, 5.74) is 4.47. The lowest BCUT2D eigenvalue weighted by Crippen LogP contribution is -2.32. The van der Waals surface area contributed by atoms with Crippen LogP contribution in [0.15, 0.2) is 43.0 Å². The van der Waals surface area contributed by atoms with Gasteiger partial charge < -0.3 is 9.64 Å². The molecule has 0 saturated carbocycles. The summed E-state index contributed by atoms with van der Waals surface area (Å²) in [5.74, 6) is 1.12. The van der Waals surface area contributed by atoms with Crippen LogP contribution < -0.4 is 4.74 Å². The van der Waals surface area contributed by atoms with Gasteiger partial charge in [0.1, 0.15) is 11.4 Å². The molecule has 7 heteroatoms. The average Bonchev–Trinajstić information content (AvgIpc) is 3.30. The van der Waals surface area contributed by atoms with Gasteiger partial charge in [-0.15, -0.1) is 0 Å². The molecule has 1 fully saturated rings. The number of aryl methyl sites for hydroxylation is 2. The molecule has 0 aliphatic carbocycles. The highest BCUT2D eigenvalue weighted by Gasteiger charge is 2.35. The first-order valence-electron chi connectivity index (χ1n) is 11.3. The first-order valence-corrected chi connectivity index (χ1v) is 11.3. The highest BCUT2D eigenvalue weighted by molar-refractivity contribution is 5.97. The molecule has 0 spiro atoms. The van der Waals surface area contributed by atoms with Crippen LogP contribution in [0, 0.1) is 6.92 Å². The third-order valence-electron chi connectivity index (χ3n) is 5.76. The van der Waals surface area contributed by atoms with Crippen molar-refractivity contribution in [3.63, 3.8) is 0 Å². The average molecular weight is 432 g/mol. The molecule has 0 N–H and O–H groups in total. The summed E-state index contributed by atoms with van der Waals surface area (Å²) in [7, 11) is 0. The normalized spacial score (nSPS) is 15.7. The van der Waals surface area contributed by atoms with Crippen molar-refractivity contribution in [3.8, 4) is 17.0 Å². The number of rotatable bonds is 7. The fraction of sp³-hybridized carbons (Fsp3) is 0.400. The Kier molecular flexibility index (Phi) is 6.73. The predicted molar refractivity (Wildman–Crippen MR) is 122 cm³/mol. The Morgan fingerprint density at radius 1 is 1.16 bits per heavy atom. The third kappa shape index (κ3) is 4.33. The summed E-state index contributed by atoms with van der Waals surface area (Å²) < 4.78 is 5.63. The molecule has 1 aliphatic heterocycles. The highest BCUT2D eigenvalue weighted by atomic mass is 16.5. The smallest absolute Gasteiger partial charge is 0.259 e. The van der Waals surface area contributed by atoms with Gasteiger partial charge in [0.25, 0.3) is 5.91 Å².